The van der Waals surface area contributed by atoms with Gasteiger partial charge in [0, 0.05) is 41.3 Å². The topological polar surface area (TPSA) is 65.4 Å². The monoisotopic (exact) mass is 547 g/mol. The van der Waals surface area contributed by atoms with Crippen molar-refractivity contribution in [1.29, 1.82) is 0 Å². The van der Waals surface area contributed by atoms with Gasteiger partial charge in [-0.1, -0.05) is 34.9 Å². The lowest BCUT2D eigenvalue weighted by molar-refractivity contribution is 0.0953. The van der Waals surface area contributed by atoms with E-state index in [0.29, 0.717) is 47.7 Å². The lowest BCUT2D eigenvalue weighted by Crippen LogP contribution is -2.25. The number of carbonyl (C=O) groups excluding carboxylic acids is 1. The number of halogens is 2. The van der Waals surface area contributed by atoms with E-state index in [1.807, 2.05) is 18.4 Å². The van der Waals surface area contributed by atoms with Gasteiger partial charge in [0.15, 0.2) is 0 Å². The van der Waals surface area contributed by atoms with Crippen LogP contribution in [0.2, 0.25) is 10.0 Å². The van der Waals surface area contributed by atoms with Crippen LogP contribution in [0.4, 0.5) is 0 Å². The number of amides is 1. The van der Waals surface area contributed by atoms with Crippen molar-refractivity contribution in [1.82, 2.24) is 14.9 Å². The molecule has 0 spiro atoms. The number of allylic oxidation sites excluding steroid dienone is 1. The van der Waals surface area contributed by atoms with Crippen LogP contribution in [-0.4, -0.2) is 35.7 Å². The summed E-state index contributed by atoms with van der Waals surface area (Å²) in [6.07, 6.45) is 8.05. The third kappa shape index (κ3) is 6.91. The van der Waals surface area contributed by atoms with Gasteiger partial charge in [0.1, 0.15) is 17.4 Å². The summed E-state index contributed by atoms with van der Waals surface area (Å²) in [5, 5.41) is 6.94. The van der Waals surface area contributed by atoms with Gasteiger partial charge >= 0.3 is 0 Å². The summed E-state index contributed by atoms with van der Waals surface area (Å²) in [4.78, 5) is 17.8. The van der Waals surface area contributed by atoms with Crippen molar-refractivity contribution in [3.8, 4) is 17.1 Å². The minimum absolute atomic E-state index is 0.0575. The van der Waals surface area contributed by atoms with Crippen LogP contribution in [0.1, 0.15) is 53.2 Å². The molecule has 0 aliphatic heterocycles. The quantitative estimate of drug-likeness (QED) is 0.260. The number of nitrogens with one attached hydrogen (secondary N) is 1. The fourth-order valence-corrected chi connectivity index (χ4v) is 5.58. The first-order valence-corrected chi connectivity index (χ1v) is 13.8. The first-order valence-electron chi connectivity index (χ1n) is 12.1. The van der Waals surface area contributed by atoms with Crippen LogP contribution in [-0.2, 0) is 17.9 Å². The normalized spacial score (nSPS) is 13.5. The zero-order valence-corrected chi connectivity index (χ0v) is 22.9. The minimum Gasteiger partial charge on any atom is -0.486 e. The van der Waals surface area contributed by atoms with Gasteiger partial charge in [0.25, 0.3) is 5.91 Å². The van der Waals surface area contributed by atoms with E-state index in [1.54, 1.807) is 25.3 Å². The number of benzene rings is 1. The maximum Gasteiger partial charge on any atom is 0.253 e. The van der Waals surface area contributed by atoms with E-state index >= 15 is 0 Å². The van der Waals surface area contributed by atoms with Crippen LogP contribution in [0.15, 0.2) is 41.3 Å². The number of ether oxygens (including phenoxy) is 2. The Kier molecular flexibility index (Phi) is 9.48. The molecule has 4 rings (SSSR count). The van der Waals surface area contributed by atoms with E-state index in [-0.39, 0.29) is 5.91 Å². The average Bonchev–Trinajstić information content (AvgIpc) is 3.46. The molecule has 1 aliphatic carbocycles. The number of nitrogens with zero attached hydrogens (tertiary/aromatic N) is 2. The van der Waals surface area contributed by atoms with Gasteiger partial charge in [-0.25, -0.2) is 4.98 Å². The van der Waals surface area contributed by atoms with Gasteiger partial charge < -0.3 is 19.4 Å². The fourth-order valence-electron chi connectivity index (χ4n) is 4.37. The number of carbonyl (C=O) groups is 1. The molecule has 0 radical (unpaired) electrons. The average molecular weight is 549 g/mol. The van der Waals surface area contributed by atoms with Crippen molar-refractivity contribution < 1.29 is 14.3 Å². The molecule has 0 saturated carbocycles. The summed E-state index contributed by atoms with van der Waals surface area (Å²) in [5.41, 5.74) is 4.70. The Balaban J connectivity index is 1.47. The van der Waals surface area contributed by atoms with Gasteiger partial charge in [-0.15, -0.1) is 11.3 Å². The molecular weight excluding hydrogens is 517 g/mol. The fraction of sp³-hybridized carbons (Fsp3) is 0.407. The Hall–Kier alpha value is -2.32. The summed E-state index contributed by atoms with van der Waals surface area (Å²) in [5.74, 6) is 0.532. The van der Waals surface area contributed by atoms with Crippen LogP contribution in [0.25, 0.3) is 11.4 Å². The van der Waals surface area contributed by atoms with Gasteiger partial charge in [-0.3, -0.25) is 4.79 Å². The number of hydrogen-bond donors (Lipinski definition) is 1. The van der Waals surface area contributed by atoms with E-state index < -0.39 is 0 Å². The summed E-state index contributed by atoms with van der Waals surface area (Å²) >= 11 is 13.6. The lowest BCUT2D eigenvalue weighted by Gasteiger charge is -2.13. The highest BCUT2D eigenvalue weighted by molar-refractivity contribution is 7.09. The van der Waals surface area contributed by atoms with Crippen LogP contribution < -0.4 is 10.1 Å². The van der Waals surface area contributed by atoms with Gasteiger partial charge in [-0.2, -0.15) is 0 Å². The summed E-state index contributed by atoms with van der Waals surface area (Å²) in [7, 11) is 1.67. The Morgan fingerprint density at radius 2 is 2.00 bits per heavy atom. The van der Waals surface area contributed by atoms with E-state index in [9.17, 15) is 4.79 Å². The van der Waals surface area contributed by atoms with E-state index in [0.717, 1.165) is 41.4 Å². The molecule has 1 aliphatic rings. The van der Waals surface area contributed by atoms with Crippen molar-refractivity contribution in [2.45, 2.75) is 52.2 Å². The van der Waals surface area contributed by atoms with Crippen molar-refractivity contribution in [3.63, 3.8) is 0 Å². The SMILES string of the molecule is COCCn1c(-c2csc(COc3cc(Cl)cc(Cl)c3)n2)cc(C(=O)NCCC2=CCCCC2)c1C. The molecule has 6 nitrogen and oxygen atoms in total. The minimum atomic E-state index is -0.0575. The van der Waals surface area contributed by atoms with Gasteiger partial charge in [-0.05, 0) is 63.3 Å². The smallest absolute Gasteiger partial charge is 0.253 e. The molecule has 1 aromatic carbocycles. The number of thiazole rings is 1. The van der Waals surface area contributed by atoms with Crippen molar-refractivity contribution >= 4 is 40.4 Å². The molecule has 0 fully saturated rings. The third-order valence-electron chi connectivity index (χ3n) is 6.26. The van der Waals surface area contributed by atoms with E-state index in [1.165, 1.54) is 29.8 Å². The molecule has 0 unspecified atom stereocenters. The highest BCUT2D eigenvalue weighted by atomic mass is 35.5. The Morgan fingerprint density at radius 3 is 2.72 bits per heavy atom. The molecule has 192 valence electrons. The van der Waals surface area contributed by atoms with Crippen molar-refractivity contribution in [3.05, 3.63) is 67.6 Å². The highest BCUT2D eigenvalue weighted by Crippen LogP contribution is 2.29. The molecule has 9 heteroatoms. The molecule has 2 heterocycles. The van der Waals surface area contributed by atoms with Gasteiger partial charge in [0.05, 0.1) is 23.6 Å². The molecule has 3 aromatic rings. The first-order chi connectivity index (χ1) is 17.4. The van der Waals surface area contributed by atoms with Crippen LogP contribution >= 0.6 is 34.5 Å². The number of aromatic nitrogens is 2. The van der Waals surface area contributed by atoms with E-state index in [4.69, 9.17) is 37.7 Å². The van der Waals surface area contributed by atoms with Gasteiger partial charge in [0.2, 0.25) is 0 Å². The first kappa shape index (κ1) is 26.7. The number of rotatable bonds is 11. The molecule has 0 bridgehead atoms. The lowest BCUT2D eigenvalue weighted by atomic mass is 9.97. The summed E-state index contributed by atoms with van der Waals surface area (Å²) < 4.78 is 13.3. The Morgan fingerprint density at radius 1 is 1.19 bits per heavy atom. The third-order valence-corrected chi connectivity index (χ3v) is 7.52. The number of methoxy groups -OCH3 is 1. The summed E-state index contributed by atoms with van der Waals surface area (Å²) in [6.45, 7) is 4.07. The Labute approximate surface area is 226 Å². The standard InChI is InChI=1S/C27H31Cl2N3O3S/c1-18-23(27(33)30-9-8-19-6-4-3-5-7-19)15-25(32(18)10-11-34-2)24-17-36-26(31-24)16-35-22-13-20(28)12-21(29)14-22/h6,12-15,17H,3-5,7-11,16H2,1-2H3,(H,30,33). The molecule has 1 N–H and O–H groups in total. The maximum absolute atomic E-state index is 13.1. The second-order valence-electron chi connectivity index (χ2n) is 8.81. The second kappa shape index (κ2) is 12.8. The molecule has 0 saturated heterocycles. The largest absolute Gasteiger partial charge is 0.486 e. The number of hydrogen-bond acceptors (Lipinski definition) is 5. The molecule has 36 heavy (non-hydrogen) atoms. The second-order valence-corrected chi connectivity index (χ2v) is 10.6. The molecule has 1 amide bonds. The summed E-state index contributed by atoms with van der Waals surface area (Å²) in [6, 6.07) is 7.03. The Bertz CT molecular complexity index is 1210. The predicted octanol–water partition coefficient (Wildman–Crippen LogP) is 7.07. The molecular formula is C27H31Cl2N3O3S. The zero-order chi connectivity index (χ0) is 25.5. The molecule has 2 aromatic heterocycles. The van der Waals surface area contributed by atoms with Crippen LogP contribution in [0.5, 0.6) is 5.75 Å². The van der Waals surface area contributed by atoms with Crippen molar-refractivity contribution in [2.24, 2.45) is 0 Å². The maximum atomic E-state index is 13.1. The van der Waals surface area contributed by atoms with Crippen LogP contribution in [0.3, 0.4) is 0 Å². The zero-order valence-electron chi connectivity index (χ0n) is 20.6. The molecule has 0 atom stereocenters. The predicted molar refractivity (Wildman–Crippen MR) is 146 cm³/mol. The highest BCUT2D eigenvalue weighted by Gasteiger charge is 2.20. The van der Waals surface area contributed by atoms with Crippen LogP contribution in [0, 0.1) is 6.92 Å². The van der Waals surface area contributed by atoms with Crippen molar-refractivity contribution in [2.75, 3.05) is 20.3 Å². The van der Waals surface area contributed by atoms with E-state index in [2.05, 4.69) is 16.0 Å².